The number of aromatic nitrogens is 3. The summed E-state index contributed by atoms with van der Waals surface area (Å²) in [5, 5.41) is 6.06. The van der Waals surface area contributed by atoms with Crippen LogP contribution in [-0.2, 0) is 7.05 Å². The van der Waals surface area contributed by atoms with Crippen LogP contribution in [0.15, 0.2) is 60.8 Å². The molecular weight excluding hydrogens is 440 g/mol. The molecule has 180 valence electrons. The molecule has 8 heteroatoms. The molecule has 35 heavy (non-hydrogen) atoms. The van der Waals surface area contributed by atoms with E-state index in [-0.39, 0.29) is 5.91 Å². The number of likely N-dealkylation sites (tertiary alicyclic amines) is 1. The second kappa shape index (κ2) is 9.76. The van der Waals surface area contributed by atoms with E-state index in [2.05, 4.69) is 51.8 Å². The van der Waals surface area contributed by atoms with Gasteiger partial charge in [0.15, 0.2) is 0 Å². The number of carbonyl (C=O) groups is 1. The normalized spacial score (nSPS) is 14.7. The maximum absolute atomic E-state index is 11.9. The Balaban J connectivity index is 1.35. The van der Waals surface area contributed by atoms with E-state index >= 15 is 0 Å². The number of rotatable bonds is 6. The molecule has 2 aromatic carbocycles. The molecule has 8 nitrogen and oxygen atoms in total. The Morgan fingerprint density at radius 1 is 1.03 bits per heavy atom. The maximum atomic E-state index is 11.9. The van der Waals surface area contributed by atoms with Crippen molar-refractivity contribution >= 4 is 28.6 Å². The number of aryl methyl sites for hydroxylation is 1. The minimum atomic E-state index is -0.258. The van der Waals surface area contributed by atoms with Gasteiger partial charge in [0.25, 0.3) is 5.91 Å². The number of fused-ring (bicyclic) bond motifs is 1. The first kappa shape index (κ1) is 22.9. The fraction of sp³-hybridized carbons (Fsp3) is 0.296. The highest BCUT2D eigenvalue weighted by atomic mass is 16.5. The Labute approximate surface area is 204 Å². The number of amides is 1. The lowest BCUT2D eigenvalue weighted by Crippen LogP contribution is -2.29. The number of ether oxygens (including phenoxy) is 1. The number of anilines is 2. The van der Waals surface area contributed by atoms with E-state index in [1.54, 1.807) is 25.4 Å². The van der Waals surface area contributed by atoms with Crippen molar-refractivity contribution in [2.45, 2.75) is 18.8 Å². The molecular formula is C27H30N6O2. The van der Waals surface area contributed by atoms with Crippen molar-refractivity contribution in [2.75, 3.05) is 32.5 Å². The molecule has 0 atom stereocenters. The van der Waals surface area contributed by atoms with Gasteiger partial charge in [-0.3, -0.25) is 9.78 Å². The highest BCUT2D eigenvalue weighted by Gasteiger charge is 2.19. The molecule has 0 unspecified atom stereocenters. The van der Waals surface area contributed by atoms with Gasteiger partial charge in [0, 0.05) is 38.1 Å². The van der Waals surface area contributed by atoms with Crippen LogP contribution in [0, 0.1) is 0 Å². The van der Waals surface area contributed by atoms with E-state index < -0.39 is 0 Å². The quantitative estimate of drug-likeness (QED) is 0.426. The van der Waals surface area contributed by atoms with Crippen LogP contribution in [-0.4, -0.2) is 52.5 Å². The molecule has 1 amide bonds. The molecule has 3 heterocycles. The predicted molar refractivity (Wildman–Crippen MR) is 138 cm³/mol. The minimum absolute atomic E-state index is 0.258. The van der Waals surface area contributed by atoms with E-state index in [1.165, 1.54) is 18.4 Å². The lowest BCUT2D eigenvalue weighted by Gasteiger charge is -2.29. The van der Waals surface area contributed by atoms with Gasteiger partial charge in [-0.05, 0) is 74.8 Å². The molecule has 1 aliphatic heterocycles. The van der Waals surface area contributed by atoms with Gasteiger partial charge in [0.1, 0.15) is 17.2 Å². The summed E-state index contributed by atoms with van der Waals surface area (Å²) in [4.78, 5) is 23.1. The third-order valence-electron chi connectivity index (χ3n) is 6.61. The third-order valence-corrected chi connectivity index (χ3v) is 6.61. The zero-order valence-electron chi connectivity index (χ0n) is 20.3. The molecule has 0 aliphatic carbocycles. The lowest BCUT2D eigenvalue weighted by molar-refractivity contribution is 0.0958. The molecule has 0 saturated carbocycles. The van der Waals surface area contributed by atoms with Crippen molar-refractivity contribution in [1.82, 2.24) is 24.8 Å². The molecule has 0 bridgehead atoms. The first-order valence-corrected chi connectivity index (χ1v) is 11.9. The summed E-state index contributed by atoms with van der Waals surface area (Å²) in [7, 11) is 5.76. The Kier molecular flexibility index (Phi) is 6.37. The monoisotopic (exact) mass is 470 g/mol. The molecule has 1 fully saturated rings. The van der Waals surface area contributed by atoms with Gasteiger partial charge in [-0.15, -0.1) is 0 Å². The van der Waals surface area contributed by atoms with Crippen LogP contribution >= 0.6 is 0 Å². The van der Waals surface area contributed by atoms with Crippen LogP contribution < -0.4 is 15.4 Å². The summed E-state index contributed by atoms with van der Waals surface area (Å²) in [5.74, 6) is 2.29. The molecule has 4 aromatic rings. The summed E-state index contributed by atoms with van der Waals surface area (Å²) in [6.45, 7) is 2.29. The van der Waals surface area contributed by atoms with Crippen LogP contribution in [0.2, 0.25) is 0 Å². The summed E-state index contributed by atoms with van der Waals surface area (Å²) in [6.07, 6.45) is 3.94. The fourth-order valence-corrected chi connectivity index (χ4v) is 4.56. The summed E-state index contributed by atoms with van der Waals surface area (Å²) >= 11 is 0. The number of benzene rings is 2. The van der Waals surface area contributed by atoms with Crippen LogP contribution in [0.3, 0.4) is 0 Å². The average molecular weight is 471 g/mol. The molecule has 1 aliphatic rings. The number of carbonyl (C=O) groups excluding carboxylic acids is 1. The third kappa shape index (κ3) is 4.97. The highest BCUT2D eigenvalue weighted by molar-refractivity contribution is 5.92. The van der Waals surface area contributed by atoms with E-state index in [0.717, 1.165) is 35.8 Å². The molecule has 5 rings (SSSR count). The van der Waals surface area contributed by atoms with E-state index in [4.69, 9.17) is 9.72 Å². The second-order valence-corrected chi connectivity index (χ2v) is 9.03. The number of hydrogen-bond donors (Lipinski definition) is 2. The van der Waals surface area contributed by atoms with Gasteiger partial charge in [-0.2, -0.15) is 0 Å². The topological polar surface area (TPSA) is 84.3 Å². The zero-order chi connectivity index (χ0) is 24.4. The van der Waals surface area contributed by atoms with E-state index in [0.29, 0.717) is 23.1 Å². The number of nitrogens with one attached hydrogen (secondary N) is 2. The van der Waals surface area contributed by atoms with Crippen molar-refractivity contribution < 1.29 is 9.53 Å². The van der Waals surface area contributed by atoms with E-state index in [1.807, 2.05) is 29.8 Å². The average Bonchev–Trinajstić information content (AvgIpc) is 3.18. The van der Waals surface area contributed by atoms with Gasteiger partial charge >= 0.3 is 0 Å². The molecule has 0 spiro atoms. The SMILES string of the molecule is CNC(=O)c1cc(Oc2ccc3c(c2)nc(Nc2cccc(C4CCN(C)CC4)c2)n3C)ccn1. The van der Waals surface area contributed by atoms with Crippen molar-refractivity contribution in [3.63, 3.8) is 0 Å². The summed E-state index contributed by atoms with van der Waals surface area (Å²) < 4.78 is 8.03. The standard InChI is InChI=1S/C27H30N6O2/c1-28-26(34)24-17-22(9-12-29-24)35-21-7-8-25-23(16-21)31-27(33(25)3)30-20-6-4-5-19(15-20)18-10-13-32(2)14-11-18/h4-9,12,15-18H,10-11,13-14H2,1-3H3,(H,28,34)(H,30,31). The number of pyridine rings is 1. The number of imidazole rings is 1. The molecule has 1 saturated heterocycles. The van der Waals surface area contributed by atoms with Crippen LogP contribution in [0.5, 0.6) is 11.5 Å². The molecule has 2 aromatic heterocycles. The van der Waals surface area contributed by atoms with Crippen LogP contribution in [0.4, 0.5) is 11.6 Å². The van der Waals surface area contributed by atoms with Crippen LogP contribution in [0.1, 0.15) is 34.8 Å². The van der Waals surface area contributed by atoms with Gasteiger partial charge in [0.2, 0.25) is 5.95 Å². The smallest absolute Gasteiger partial charge is 0.269 e. The van der Waals surface area contributed by atoms with Gasteiger partial charge < -0.3 is 24.8 Å². The first-order valence-electron chi connectivity index (χ1n) is 11.9. The fourth-order valence-electron chi connectivity index (χ4n) is 4.56. The maximum Gasteiger partial charge on any atom is 0.269 e. The minimum Gasteiger partial charge on any atom is -0.457 e. The number of piperidine rings is 1. The Hall–Kier alpha value is -3.91. The van der Waals surface area contributed by atoms with Crippen molar-refractivity contribution in [2.24, 2.45) is 7.05 Å². The lowest BCUT2D eigenvalue weighted by atomic mass is 9.89. The van der Waals surface area contributed by atoms with Crippen molar-refractivity contribution in [3.8, 4) is 11.5 Å². The van der Waals surface area contributed by atoms with Gasteiger partial charge in [0.05, 0.1) is 11.0 Å². The van der Waals surface area contributed by atoms with Crippen molar-refractivity contribution in [3.05, 3.63) is 72.1 Å². The molecule has 2 N–H and O–H groups in total. The van der Waals surface area contributed by atoms with Crippen molar-refractivity contribution in [1.29, 1.82) is 0 Å². The van der Waals surface area contributed by atoms with Gasteiger partial charge in [-0.25, -0.2) is 4.98 Å². The first-order chi connectivity index (χ1) is 17.0. The van der Waals surface area contributed by atoms with Crippen LogP contribution in [0.25, 0.3) is 11.0 Å². The van der Waals surface area contributed by atoms with Gasteiger partial charge in [-0.1, -0.05) is 12.1 Å². The summed E-state index contributed by atoms with van der Waals surface area (Å²) in [6, 6.07) is 17.8. The molecule has 0 radical (unpaired) electrons. The predicted octanol–water partition coefficient (Wildman–Crippen LogP) is 4.67. The zero-order valence-corrected chi connectivity index (χ0v) is 20.3. The Morgan fingerprint density at radius 2 is 1.83 bits per heavy atom. The largest absolute Gasteiger partial charge is 0.457 e. The second-order valence-electron chi connectivity index (χ2n) is 9.03. The summed E-state index contributed by atoms with van der Waals surface area (Å²) in [5.41, 5.74) is 4.53. The Bertz CT molecular complexity index is 1360. The highest BCUT2D eigenvalue weighted by Crippen LogP contribution is 2.31. The number of nitrogens with zero attached hydrogens (tertiary/aromatic N) is 4. The van der Waals surface area contributed by atoms with E-state index in [9.17, 15) is 4.79 Å². The number of hydrogen-bond acceptors (Lipinski definition) is 6. The Morgan fingerprint density at radius 3 is 2.63 bits per heavy atom.